The average molecular weight is 390 g/mol. The van der Waals surface area contributed by atoms with Crippen LogP contribution in [0.2, 0.25) is 0 Å². The molecule has 0 saturated heterocycles. The molecule has 1 aromatic heterocycles. The summed E-state index contributed by atoms with van der Waals surface area (Å²) in [4.78, 5) is 16.2. The summed E-state index contributed by atoms with van der Waals surface area (Å²) in [7, 11) is 0. The summed E-state index contributed by atoms with van der Waals surface area (Å²) in [6, 6.07) is 8.33. The first kappa shape index (κ1) is 19.0. The Labute approximate surface area is 154 Å². The van der Waals surface area contributed by atoms with Gasteiger partial charge in [0.1, 0.15) is 0 Å². The van der Waals surface area contributed by atoms with Gasteiger partial charge in [-0.15, -0.1) is 0 Å². The maximum absolute atomic E-state index is 12.7. The van der Waals surface area contributed by atoms with Gasteiger partial charge in [0.05, 0.1) is 5.69 Å². The van der Waals surface area contributed by atoms with Crippen molar-refractivity contribution < 1.29 is 4.79 Å². The Bertz CT molecular complexity index is 670. The lowest BCUT2D eigenvalue weighted by molar-refractivity contribution is 0.0978. The van der Waals surface area contributed by atoms with Gasteiger partial charge in [0.2, 0.25) is 0 Å². The molecule has 0 saturated carbocycles. The molecular weight excluding hydrogens is 362 g/mol. The number of nitrogens with one attached hydrogen (secondary N) is 1. The van der Waals surface area contributed by atoms with Crippen molar-refractivity contribution in [3.8, 4) is 11.1 Å². The summed E-state index contributed by atoms with van der Waals surface area (Å²) >= 11 is 3.51. The minimum absolute atomic E-state index is 0.232. The van der Waals surface area contributed by atoms with Crippen LogP contribution in [0.1, 0.15) is 74.6 Å². The number of hydrogen-bond acceptors (Lipinski definition) is 1. The molecule has 0 aliphatic rings. The molecule has 1 aromatic carbocycles. The van der Waals surface area contributed by atoms with E-state index >= 15 is 0 Å². The molecule has 0 unspecified atom stereocenters. The number of Topliss-reactive ketones (excluding diaryl/α,β-unsaturated/α-hetero) is 1. The Morgan fingerprint density at radius 3 is 2.29 bits per heavy atom. The number of aromatic nitrogens is 1. The number of benzene rings is 1. The summed E-state index contributed by atoms with van der Waals surface area (Å²) in [6.07, 6.45) is 6.91. The number of unbranched alkanes of at least 4 members (excludes halogenated alkanes) is 1. The van der Waals surface area contributed by atoms with Crippen LogP contribution in [0.5, 0.6) is 0 Å². The lowest BCUT2D eigenvalue weighted by atomic mass is 9.94. The fraction of sp³-hybridized carbons (Fsp3) is 0.476. The zero-order valence-electron chi connectivity index (χ0n) is 15.0. The molecule has 0 aliphatic carbocycles. The van der Waals surface area contributed by atoms with Crippen LogP contribution in [0.4, 0.5) is 0 Å². The molecule has 1 N–H and O–H groups in total. The monoisotopic (exact) mass is 389 g/mol. The topological polar surface area (TPSA) is 32.9 Å². The number of rotatable bonds is 9. The highest BCUT2D eigenvalue weighted by Crippen LogP contribution is 2.34. The van der Waals surface area contributed by atoms with Crippen molar-refractivity contribution in [2.45, 2.75) is 65.7 Å². The number of halogens is 1. The average Bonchev–Trinajstić information content (AvgIpc) is 2.93. The smallest absolute Gasteiger partial charge is 0.179 e. The van der Waals surface area contributed by atoms with Crippen molar-refractivity contribution >= 4 is 21.7 Å². The van der Waals surface area contributed by atoms with E-state index in [9.17, 15) is 4.79 Å². The van der Waals surface area contributed by atoms with E-state index in [0.29, 0.717) is 6.42 Å². The van der Waals surface area contributed by atoms with Crippen LogP contribution >= 0.6 is 15.9 Å². The summed E-state index contributed by atoms with van der Waals surface area (Å²) in [5.74, 6) is 0.232. The van der Waals surface area contributed by atoms with Crippen LogP contribution in [0, 0.1) is 0 Å². The molecular formula is C21H28BrNO. The van der Waals surface area contributed by atoms with E-state index in [2.05, 4.69) is 66.0 Å². The standard InChI is InChI=1S/C21H28BrNO/c1-4-7-10-17-18(8-5-2)23-21(19(24)9-6-3)20(17)15-11-13-16(22)14-12-15/h11-14,23H,4-10H2,1-3H3. The first-order chi connectivity index (χ1) is 11.6. The number of carbonyl (C=O) groups excluding carboxylic acids is 1. The van der Waals surface area contributed by atoms with Gasteiger partial charge < -0.3 is 4.98 Å². The molecule has 2 rings (SSSR count). The van der Waals surface area contributed by atoms with Crippen molar-refractivity contribution in [2.75, 3.05) is 0 Å². The van der Waals surface area contributed by atoms with Crippen LogP contribution in [-0.4, -0.2) is 10.8 Å². The Kier molecular flexibility index (Phi) is 7.29. The molecule has 3 heteroatoms. The number of ketones is 1. The molecule has 1 heterocycles. The SMILES string of the molecule is CCCCc1c(CCC)[nH]c(C(=O)CCC)c1-c1ccc(Br)cc1. The molecule has 130 valence electrons. The number of carbonyl (C=O) groups is 1. The zero-order chi connectivity index (χ0) is 17.5. The summed E-state index contributed by atoms with van der Waals surface area (Å²) < 4.78 is 1.06. The van der Waals surface area contributed by atoms with Gasteiger partial charge in [-0.1, -0.05) is 61.7 Å². The molecule has 24 heavy (non-hydrogen) atoms. The number of hydrogen-bond donors (Lipinski definition) is 1. The van der Waals surface area contributed by atoms with Crippen LogP contribution < -0.4 is 0 Å². The van der Waals surface area contributed by atoms with Crippen LogP contribution in [0.15, 0.2) is 28.7 Å². The van der Waals surface area contributed by atoms with Gasteiger partial charge in [-0.3, -0.25) is 4.79 Å². The van der Waals surface area contributed by atoms with E-state index in [0.717, 1.165) is 59.8 Å². The second-order valence-corrected chi connectivity index (χ2v) is 7.28. The number of aryl methyl sites for hydroxylation is 1. The van der Waals surface area contributed by atoms with Gasteiger partial charge >= 0.3 is 0 Å². The summed E-state index contributed by atoms with van der Waals surface area (Å²) in [5, 5.41) is 0. The lowest BCUT2D eigenvalue weighted by Crippen LogP contribution is -2.01. The maximum Gasteiger partial charge on any atom is 0.179 e. The van der Waals surface area contributed by atoms with E-state index in [1.54, 1.807) is 0 Å². The highest BCUT2D eigenvalue weighted by Gasteiger charge is 2.22. The fourth-order valence-electron chi connectivity index (χ4n) is 3.18. The van der Waals surface area contributed by atoms with Gasteiger partial charge in [0.15, 0.2) is 5.78 Å². The second kappa shape index (κ2) is 9.22. The predicted molar refractivity (Wildman–Crippen MR) is 106 cm³/mol. The van der Waals surface area contributed by atoms with E-state index in [-0.39, 0.29) is 5.78 Å². The molecule has 0 amide bonds. The third-order valence-electron chi connectivity index (χ3n) is 4.36. The molecule has 0 bridgehead atoms. The van der Waals surface area contributed by atoms with Crippen molar-refractivity contribution in [1.82, 2.24) is 4.98 Å². The molecule has 0 aliphatic heterocycles. The van der Waals surface area contributed by atoms with Gasteiger partial charge in [-0.05, 0) is 48.9 Å². The molecule has 0 atom stereocenters. The minimum atomic E-state index is 0.232. The highest BCUT2D eigenvalue weighted by atomic mass is 79.9. The summed E-state index contributed by atoms with van der Waals surface area (Å²) in [6.45, 7) is 6.47. The number of H-pyrrole nitrogens is 1. The van der Waals surface area contributed by atoms with Crippen molar-refractivity contribution in [3.05, 3.63) is 45.7 Å². The first-order valence-electron chi connectivity index (χ1n) is 9.15. The molecule has 0 fully saturated rings. The lowest BCUT2D eigenvalue weighted by Gasteiger charge is -2.09. The van der Waals surface area contributed by atoms with Gasteiger partial charge in [0.25, 0.3) is 0 Å². The second-order valence-electron chi connectivity index (χ2n) is 6.37. The van der Waals surface area contributed by atoms with Crippen LogP contribution in [0.25, 0.3) is 11.1 Å². The van der Waals surface area contributed by atoms with Crippen LogP contribution in [0.3, 0.4) is 0 Å². The van der Waals surface area contributed by atoms with E-state index < -0.39 is 0 Å². The zero-order valence-corrected chi connectivity index (χ0v) is 16.6. The largest absolute Gasteiger partial charge is 0.355 e. The van der Waals surface area contributed by atoms with Crippen molar-refractivity contribution in [2.24, 2.45) is 0 Å². The van der Waals surface area contributed by atoms with Crippen molar-refractivity contribution in [1.29, 1.82) is 0 Å². The molecule has 2 nitrogen and oxygen atoms in total. The third kappa shape index (κ3) is 4.38. The normalized spacial score (nSPS) is 11.0. The first-order valence-corrected chi connectivity index (χ1v) is 9.94. The quantitative estimate of drug-likeness (QED) is 0.474. The van der Waals surface area contributed by atoms with E-state index in [1.807, 2.05) is 0 Å². The Morgan fingerprint density at radius 2 is 1.71 bits per heavy atom. The number of aromatic amines is 1. The van der Waals surface area contributed by atoms with Gasteiger partial charge in [0, 0.05) is 22.2 Å². The van der Waals surface area contributed by atoms with E-state index in [1.165, 1.54) is 11.3 Å². The highest BCUT2D eigenvalue weighted by molar-refractivity contribution is 9.10. The van der Waals surface area contributed by atoms with Gasteiger partial charge in [-0.25, -0.2) is 0 Å². The van der Waals surface area contributed by atoms with Crippen LogP contribution in [-0.2, 0) is 12.8 Å². The molecule has 0 spiro atoms. The fourth-order valence-corrected chi connectivity index (χ4v) is 3.44. The Morgan fingerprint density at radius 1 is 1.00 bits per heavy atom. The molecule has 0 radical (unpaired) electrons. The summed E-state index contributed by atoms with van der Waals surface area (Å²) in [5.41, 5.74) is 5.69. The molecule has 2 aromatic rings. The predicted octanol–water partition coefficient (Wildman–Crippen LogP) is 6.72. The Balaban J connectivity index is 2.59. The van der Waals surface area contributed by atoms with Crippen molar-refractivity contribution in [3.63, 3.8) is 0 Å². The minimum Gasteiger partial charge on any atom is -0.355 e. The maximum atomic E-state index is 12.7. The third-order valence-corrected chi connectivity index (χ3v) is 4.89. The van der Waals surface area contributed by atoms with Gasteiger partial charge in [-0.2, -0.15) is 0 Å². The Hall–Kier alpha value is -1.35. The van der Waals surface area contributed by atoms with E-state index in [4.69, 9.17) is 0 Å².